The van der Waals surface area contributed by atoms with Crippen LogP contribution in [0.25, 0.3) is 0 Å². The van der Waals surface area contributed by atoms with Gasteiger partial charge in [0, 0.05) is 19.7 Å². The topological polar surface area (TPSA) is 80.0 Å². The van der Waals surface area contributed by atoms with Crippen LogP contribution in [0.15, 0.2) is 6.20 Å². The van der Waals surface area contributed by atoms with Crippen LogP contribution in [-0.4, -0.2) is 38.2 Å². The van der Waals surface area contributed by atoms with Crippen molar-refractivity contribution in [2.45, 2.75) is 24.8 Å². The number of aromatic nitrogens is 3. The number of hydrogen-bond acceptors (Lipinski definition) is 4. The number of carboxylic acids is 1. The third-order valence-electron chi connectivity index (χ3n) is 2.79. The molecule has 1 fully saturated rings. The summed E-state index contributed by atoms with van der Waals surface area (Å²) in [5, 5.41) is 20.0. The number of aliphatic carboxylic acids is 1. The van der Waals surface area contributed by atoms with Gasteiger partial charge < -0.3 is 10.4 Å². The SMILES string of the molecule is Cn1cc(CC2(C(=O)O)CCCN2)nn1. The molecule has 0 radical (unpaired) electrons. The molecule has 0 amide bonds. The summed E-state index contributed by atoms with van der Waals surface area (Å²) in [6, 6.07) is 0. The zero-order valence-electron chi connectivity index (χ0n) is 8.60. The zero-order chi connectivity index (χ0) is 10.9. The molecule has 1 aliphatic heterocycles. The van der Waals surface area contributed by atoms with Crippen molar-refractivity contribution in [1.29, 1.82) is 0 Å². The van der Waals surface area contributed by atoms with Crippen molar-refractivity contribution >= 4 is 5.97 Å². The molecule has 1 saturated heterocycles. The minimum absolute atomic E-state index is 0.399. The monoisotopic (exact) mass is 210 g/mol. The molecule has 0 spiro atoms. The predicted octanol–water partition coefficient (Wildman–Crippen LogP) is -0.436. The molecule has 1 atom stereocenters. The number of rotatable bonds is 3. The Morgan fingerprint density at radius 3 is 3.07 bits per heavy atom. The van der Waals surface area contributed by atoms with Crippen molar-refractivity contribution in [3.63, 3.8) is 0 Å². The quantitative estimate of drug-likeness (QED) is 0.707. The zero-order valence-corrected chi connectivity index (χ0v) is 8.60. The Morgan fingerprint density at radius 1 is 1.80 bits per heavy atom. The smallest absolute Gasteiger partial charge is 0.324 e. The van der Waals surface area contributed by atoms with Crippen molar-refractivity contribution in [1.82, 2.24) is 20.3 Å². The van der Waals surface area contributed by atoms with Gasteiger partial charge in [-0.3, -0.25) is 9.48 Å². The lowest BCUT2D eigenvalue weighted by Gasteiger charge is -2.22. The van der Waals surface area contributed by atoms with Gasteiger partial charge in [0.1, 0.15) is 5.54 Å². The molecule has 2 N–H and O–H groups in total. The molecule has 1 aromatic rings. The molecule has 0 bridgehead atoms. The van der Waals surface area contributed by atoms with Crippen molar-refractivity contribution < 1.29 is 9.90 Å². The van der Waals surface area contributed by atoms with Gasteiger partial charge in [0.15, 0.2) is 0 Å². The fourth-order valence-electron chi connectivity index (χ4n) is 2.00. The minimum atomic E-state index is -0.837. The van der Waals surface area contributed by atoms with Crippen LogP contribution in [0.2, 0.25) is 0 Å². The lowest BCUT2D eigenvalue weighted by Crippen LogP contribution is -2.49. The highest BCUT2D eigenvalue weighted by Crippen LogP contribution is 2.23. The second-order valence-corrected chi connectivity index (χ2v) is 3.98. The first-order chi connectivity index (χ1) is 7.12. The maximum atomic E-state index is 11.2. The molecule has 15 heavy (non-hydrogen) atoms. The molecule has 1 aromatic heterocycles. The van der Waals surface area contributed by atoms with E-state index in [-0.39, 0.29) is 0 Å². The summed E-state index contributed by atoms with van der Waals surface area (Å²) in [5.41, 5.74) is -0.120. The van der Waals surface area contributed by atoms with Gasteiger partial charge in [-0.05, 0) is 19.4 Å². The first kappa shape index (κ1) is 10.1. The largest absolute Gasteiger partial charge is 0.480 e. The minimum Gasteiger partial charge on any atom is -0.480 e. The highest BCUT2D eigenvalue weighted by Gasteiger charge is 2.41. The molecule has 2 rings (SSSR count). The fraction of sp³-hybridized carbons (Fsp3) is 0.667. The number of nitrogens with zero attached hydrogens (tertiary/aromatic N) is 3. The summed E-state index contributed by atoms with van der Waals surface area (Å²) in [5.74, 6) is -0.800. The number of aryl methyl sites for hydroxylation is 1. The Balaban J connectivity index is 2.17. The summed E-state index contributed by atoms with van der Waals surface area (Å²) >= 11 is 0. The van der Waals surface area contributed by atoms with Gasteiger partial charge >= 0.3 is 5.97 Å². The molecular weight excluding hydrogens is 196 g/mol. The van der Waals surface area contributed by atoms with Crippen LogP contribution in [-0.2, 0) is 18.3 Å². The Labute approximate surface area is 87.3 Å². The molecule has 1 unspecified atom stereocenters. The summed E-state index contributed by atoms with van der Waals surface area (Å²) in [7, 11) is 1.77. The molecule has 2 heterocycles. The van der Waals surface area contributed by atoms with Gasteiger partial charge in [-0.15, -0.1) is 5.10 Å². The van der Waals surface area contributed by atoms with Gasteiger partial charge in [-0.25, -0.2) is 0 Å². The van der Waals surface area contributed by atoms with Crippen LogP contribution in [0.3, 0.4) is 0 Å². The molecule has 0 saturated carbocycles. The van der Waals surface area contributed by atoms with Crippen LogP contribution < -0.4 is 5.32 Å². The molecule has 6 nitrogen and oxygen atoms in total. The van der Waals surface area contributed by atoms with E-state index in [0.717, 1.165) is 13.0 Å². The van der Waals surface area contributed by atoms with E-state index in [0.29, 0.717) is 18.5 Å². The second kappa shape index (κ2) is 3.62. The highest BCUT2D eigenvalue weighted by atomic mass is 16.4. The standard InChI is InChI=1S/C9H14N4O2/c1-13-6-7(11-12-13)5-9(8(14)15)3-2-4-10-9/h6,10H,2-5H2,1H3,(H,14,15). The molecule has 82 valence electrons. The molecule has 0 aliphatic carbocycles. The van der Waals surface area contributed by atoms with Gasteiger partial charge in [0.25, 0.3) is 0 Å². The average Bonchev–Trinajstić information content (AvgIpc) is 2.77. The number of hydrogen-bond donors (Lipinski definition) is 2. The lowest BCUT2D eigenvalue weighted by molar-refractivity contribution is -0.144. The van der Waals surface area contributed by atoms with E-state index in [1.54, 1.807) is 17.9 Å². The van der Waals surface area contributed by atoms with Crippen LogP contribution in [0.1, 0.15) is 18.5 Å². The Bertz CT molecular complexity index is 368. The Kier molecular flexibility index (Phi) is 2.44. The van der Waals surface area contributed by atoms with Gasteiger partial charge in [0.05, 0.1) is 5.69 Å². The van der Waals surface area contributed by atoms with Gasteiger partial charge in [0.2, 0.25) is 0 Å². The number of carbonyl (C=O) groups is 1. The van der Waals surface area contributed by atoms with Crippen LogP contribution in [0, 0.1) is 0 Å². The number of carboxylic acid groups (broad SMARTS) is 1. The highest BCUT2D eigenvalue weighted by molar-refractivity contribution is 5.79. The molecule has 1 aliphatic rings. The van der Waals surface area contributed by atoms with E-state index in [1.165, 1.54) is 0 Å². The summed E-state index contributed by atoms with van der Waals surface area (Å²) in [6.45, 7) is 0.757. The van der Waals surface area contributed by atoms with E-state index in [1.807, 2.05) is 0 Å². The Hall–Kier alpha value is -1.43. The van der Waals surface area contributed by atoms with Gasteiger partial charge in [-0.2, -0.15) is 0 Å². The van der Waals surface area contributed by atoms with Crippen LogP contribution >= 0.6 is 0 Å². The molecule has 0 aromatic carbocycles. The molecule has 6 heteroatoms. The van der Waals surface area contributed by atoms with Crippen molar-refractivity contribution in [2.75, 3.05) is 6.54 Å². The van der Waals surface area contributed by atoms with Crippen LogP contribution in [0.5, 0.6) is 0 Å². The maximum Gasteiger partial charge on any atom is 0.324 e. The van der Waals surface area contributed by atoms with E-state index in [2.05, 4.69) is 15.6 Å². The normalized spacial score (nSPS) is 25.7. The van der Waals surface area contributed by atoms with Crippen molar-refractivity contribution in [2.24, 2.45) is 7.05 Å². The second-order valence-electron chi connectivity index (χ2n) is 3.98. The van der Waals surface area contributed by atoms with Crippen molar-refractivity contribution in [3.05, 3.63) is 11.9 Å². The molecular formula is C9H14N4O2. The summed E-state index contributed by atoms with van der Waals surface area (Å²) in [4.78, 5) is 11.2. The summed E-state index contributed by atoms with van der Waals surface area (Å²) in [6.07, 6.45) is 3.70. The van der Waals surface area contributed by atoms with Crippen LogP contribution in [0.4, 0.5) is 0 Å². The first-order valence-corrected chi connectivity index (χ1v) is 4.96. The third-order valence-corrected chi connectivity index (χ3v) is 2.79. The predicted molar refractivity (Wildman–Crippen MR) is 52.3 cm³/mol. The van der Waals surface area contributed by atoms with Crippen molar-refractivity contribution in [3.8, 4) is 0 Å². The maximum absolute atomic E-state index is 11.2. The van der Waals surface area contributed by atoms with E-state index in [4.69, 9.17) is 0 Å². The summed E-state index contributed by atoms with van der Waals surface area (Å²) < 4.78 is 1.58. The lowest BCUT2D eigenvalue weighted by atomic mass is 9.92. The first-order valence-electron chi connectivity index (χ1n) is 4.96. The van der Waals surface area contributed by atoms with E-state index in [9.17, 15) is 9.90 Å². The van der Waals surface area contributed by atoms with E-state index < -0.39 is 11.5 Å². The van der Waals surface area contributed by atoms with E-state index >= 15 is 0 Å². The third kappa shape index (κ3) is 1.85. The van der Waals surface area contributed by atoms with Gasteiger partial charge in [-0.1, -0.05) is 5.21 Å². The average molecular weight is 210 g/mol. The fourth-order valence-corrected chi connectivity index (χ4v) is 2.00. The Morgan fingerprint density at radius 2 is 2.60 bits per heavy atom. The number of nitrogens with one attached hydrogen (secondary N) is 1.